The van der Waals surface area contributed by atoms with E-state index in [1.165, 1.54) is 6.07 Å². The van der Waals surface area contributed by atoms with Gasteiger partial charge < -0.3 is 10.1 Å². The van der Waals surface area contributed by atoms with Gasteiger partial charge in [-0.05, 0) is 24.0 Å². The number of nitrogens with one attached hydrogen (secondary N) is 1. The van der Waals surface area contributed by atoms with E-state index >= 15 is 0 Å². The molecule has 1 atom stereocenters. The van der Waals surface area contributed by atoms with Gasteiger partial charge in [-0.2, -0.15) is 0 Å². The molecule has 5 heteroatoms. The maximum Gasteiger partial charge on any atom is 0.341 e. The molecule has 1 aromatic heterocycles. The van der Waals surface area contributed by atoms with Gasteiger partial charge >= 0.3 is 5.97 Å². The molecule has 5 nitrogen and oxygen atoms in total. The first kappa shape index (κ1) is 15.0. The van der Waals surface area contributed by atoms with Crippen LogP contribution in [-0.4, -0.2) is 21.8 Å². The molecule has 0 amide bonds. The molecule has 3 rings (SSSR count). The fraction of sp³-hybridized carbons (Fsp3) is 0.167. The number of rotatable bonds is 3. The number of fused-ring (bicyclic) bond motifs is 1. The first-order valence-corrected chi connectivity index (χ1v) is 7.30. The second kappa shape index (κ2) is 6.04. The Morgan fingerprint density at radius 3 is 2.61 bits per heavy atom. The fourth-order valence-electron chi connectivity index (χ4n) is 2.77. The SMILES string of the molecule is O=C1C[C@@H](/C=C/c2ccccc2)Cc2[nH]c(=O)c(C(=O)O)cc21. The Hall–Kier alpha value is -2.95. The van der Waals surface area contributed by atoms with Crippen LogP contribution < -0.4 is 5.56 Å². The standard InChI is InChI=1S/C18H15NO4/c20-16-9-12(7-6-11-4-2-1-3-5-11)8-15-13(16)10-14(18(22)23)17(21)19-15/h1-7,10,12H,8-9H2,(H,19,21)(H,22,23)/b7-6+/t12-/m0/s1. The van der Waals surface area contributed by atoms with Crippen molar-refractivity contribution in [3.05, 3.63) is 75.2 Å². The van der Waals surface area contributed by atoms with Crippen molar-refractivity contribution < 1.29 is 14.7 Å². The molecule has 0 bridgehead atoms. The summed E-state index contributed by atoms with van der Waals surface area (Å²) < 4.78 is 0. The van der Waals surface area contributed by atoms with E-state index in [4.69, 9.17) is 5.11 Å². The van der Waals surface area contributed by atoms with Gasteiger partial charge in [-0.3, -0.25) is 9.59 Å². The number of hydrogen-bond donors (Lipinski definition) is 2. The Morgan fingerprint density at radius 1 is 1.17 bits per heavy atom. The van der Waals surface area contributed by atoms with Gasteiger partial charge in [0.25, 0.3) is 5.56 Å². The number of aromatic nitrogens is 1. The summed E-state index contributed by atoms with van der Waals surface area (Å²) in [5.41, 5.74) is 0.804. The van der Waals surface area contributed by atoms with Crippen molar-refractivity contribution in [3.63, 3.8) is 0 Å². The highest BCUT2D eigenvalue weighted by Gasteiger charge is 2.26. The van der Waals surface area contributed by atoms with Gasteiger partial charge in [-0.1, -0.05) is 42.5 Å². The zero-order chi connectivity index (χ0) is 16.4. The molecule has 0 saturated heterocycles. The van der Waals surface area contributed by atoms with Crippen molar-refractivity contribution in [1.29, 1.82) is 0 Å². The van der Waals surface area contributed by atoms with Gasteiger partial charge in [0.15, 0.2) is 5.78 Å². The van der Waals surface area contributed by atoms with Gasteiger partial charge in [0.2, 0.25) is 0 Å². The number of Topliss-reactive ketones (excluding diaryl/α,β-unsaturated/α-hetero) is 1. The maximum atomic E-state index is 12.2. The molecule has 0 radical (unpaired) electrons. The third-order valence-corrected chi connectivity index (χ3v) is 3.93. The highest BCUT2D eigenvalue weighted by molar-refractivity contribution is 6.00. The molecule has 0 saturated carbocycles. The minimum Gasteiger partial charge on any atom is -0.477 e. The predicted octanol–water partition coefficient (Wildman–Crippen LogP) is 2.53. The Morgan fingerprint density at radius 2 is 1.91 bits per heavy atom. The van der Waals surface area contributed by atoms with Crippen LogP contribution in [0.1, 0.15) is 38.4 Å². The first-order valence-electron chi connectivity index (χ1n) is 7.30. The van der Waals surface area contributed by atoms with E-state index in [1.807, 2.05) is 42.5 Å². The number of pyridine rings is 1. The summed E-state index contributed by atoms with van der Waals surface area (Å²) in [6.07, 6.45) is 4.73. The normalized spacial score (nSPS) is 17.2. The van der Waals surface area contributed by atoms with Crippen LogP contribution in [0.4, 0.5) is 0 Å². The number of carbonyl (C=O) groups is 2. The van der Waals surface area contributed by atoms with Crippen LogP contribution in [0.5, 0.6) is 0 Å². The molecule has 2 N–H and O–H groups in total. The topological polar surface area (TPSA) is 87.2 Å². The van der Waals surface area contributed by atoms with Crippen LogP contribution >= 0.6 is 0 Å². The Balaban J connectivity index is 1.88. The summed E-state index contributed by atoms with van der Waals surface area (Å²) in [4.78, 5) is 37.5. The van der Waals surface area contributed by atoms with E-state index in [9.17, 15) is 14.4 Å². The molecule has 0 aliphatic heterocycles. The predicted molar refractivity (Wildman–Crippen MR) is 85.6 cm³/mol. The van der Waals surface area contributed by atoms with Gasteiger partial charge in [-0.15, -0.1) is 0 Å². The number of ketones is 1. The van der Waals surface area contributed by atoms with Crippen molar-refractivity contribution in [2.45, 2.75) is 12.8 Å². The maximum absolute atomic E-state index is 12.2. The number of carboxylic acid groups (broad SMARTS) is 1. The second-order valence-corrected chi connectivity index (χ2v) is 5.57. The fourth-order valence-corrected chi connectivity index (χ4v) is 2.77. The molecule has 1 heterocycles. The van der Waals surface area contributed by atoms with E-state index in [-0.39, 0.29) is 11.7 Å². The molecule has 1 aliphatic rings. The molecular formula is C18H15NO4. The van der Waals surface area contributed by atoms with Gasteiger partial charge in [0, 0.05) is 17.7 Å². The average Bonchev–Trinajstić information content (AvgIpc) is 2.53. The molecule has 2 aromatic rings. The number of benzene rings is 1. The number of carboxylic acids is 1. The third kappa shape index (κ3) is 3.13. The van der Waals surface area contributed by atoms with Crippen molar-refractivity contribution in [1.82, 2.24) is 4.98 Å². The van der Waals surface area contributed by atoms with Crippen LogP contribution in [0.15, 0.2) is 47.3 Å². The summed E-state index contributed by atoms with van der Waals surface area (Å²) in [6.45, 7) is 0. The summed E-state index contributed by atoms with van der Waals surface area (Å²) in [5.74, 6) is -1.48. The molecule has 0 fully saturated rings. The Labute approximate surface area is 132 Å². The van der Waals surface area contributed by atoms with Crippen molar-refractivity contribution >= 4 is 17.8 Å². The lowest BCUT2D eigenvalue weighted by Crippen LogP contribution is -2.27. The minimum atomic E-state index is -1.33. The van der Waals surface area contributed by atoms with E-state index in [0.29, 0.717) is 24.1 Å². The van der Waals surface area contributed by atoms with Crippen molar-refractivity contribution in [3.8, 4) is 0 Å². The van der Waals surface area contributed by atoms with Crippen LogP contribution in [0, 0.1) is 5.92 Å². The zero-order valence-electron chi connectivity index (χ0n) is 12.3. The van der Waals surface area contributed by atoms with Crippen LogP contribution in [0.2, 0.25) is 0 Å². The van der Waals surface area contributed by atoms with Crippen molar-refractivity contribution in [2.24, 2.45) is 5.92 Å². The molecule has 1 aliphatic carbocycles. The highest BCUT2D eigenvalue weighted by atomic mass is 16.4. The lowest BCUT2D eigenvalue weighted by molar-refractivity contribution is 0.0695. The van der Waals surface area contributed by atoms with Crippen molar-refractivity contribution in [2.75, 3.05) is 0 Å². The third-order valence-electron chi connectivity index (χ3n) is 3.93. The van der Waals surface area contributed by atoms with E-state index in [2.05, 4.69) is 4.98 Å². The lowest BCUT2D eigenvalue weighted by atomic mass is 9.85. The molecule has 116 valence electrons. The Kier molecular flexibility index (Phi) is 3.93. The highest BCUT2D eigenvalue weighted by Crippen LogP contribution is 2.25. The number of aromatic amines is 1. The molecule has 23 heavy (non-hydrogen) atoms. The van der Waals surface area contributed by atoms with Crippen LogP contribution in [-0.2, 0) is 6.42 Å². The van der Waals surface area contributed by atoms with Crippen LogP contribution in [0.3, 0.4) is 0 Å². The number of H-pyrrole nitrogens is 1. The quantitative estimate of drug-likeness (QED) is 0.912. The summed E-state index contributed by atoms with van der Waals surface area (Å²) in [7, 11) is 0. The zero-order valence-corrected chi connectivity index (χ0v) is 12.3. The summed E-state index contributed by atoms with van der Waals surface area (Å²) in [6, 6.07) is 10.9. The van der Waals surface area contributed by atoms with Gasteiger partial charge in [0.05, 0.1) is 0 Å². The first-order chi connectivity index (χ1) is 11.0. The molecule has 0 unspecified atom stereocenters. The number of hydrogen-bond acceptors (Lipinski definition) is 3. The Bertz CT molecular complexity index is 849. The molecule has 1 aromatic carbocycles. The lowest BCUT2D eigenvalue weighted by Gasteiger charge is -2.21. The van der Waals surface area contributed by atoms with E-state index in [0.717, 1.165) is 5.56 Å². The average molecular weight is 309 g/mol. The summed E-state index contributed by atoms with van der Waals surface area (Å²) >= 11 is 0. The number of aromatic carboxylic acids is 1. The van der Waals surface area contributed by atoms with E-state index < -0.39 is 17.1 Å². The van der Waals surface area contributed by atoms with E-state index in [1.54, 1.807) is 0 Å². The largest absolute Gasteiger partial charge is 0.477 e. The molecule has 0 spiro atoms. The van der Waals surface area contributed by atoms with Gasteiger partial charge in [0.1, 0.15) is 5.56 Å². The van der Waals surface area contributed by atoms with Crippen LogP contribution in [0.25, 0.3) is 6.08 Å². The second-order valence-electron chi connectivity index (χ2n) is 5.57. The van der Waals surface area contributed by atoms with Gasteiger partial charge in [-0.25, -0.2) is 4.79 Å². The smallest absolute Gasteiger partial charge is 0.341 e. The summed E-state index contributed by atoms with van der Waals surface area (Å²) in [5, 5.41) is 8.97. The monoisotopic (exact) mass is 309 g/mol. The number of allylic oxidation sites excluding steroid dienone is 1. The number of carbonyl (C=O) groups excluding carboxylic acids is 1. The molecular weight excluding hydrogens is 294 g/mol. The minimum absolute atomic E-state index is 0.0125.